The molecule has 2 N–H and O–H groups in total. The highest BCUT2D eigenvalue weighted by molar-refractivity contribution is 5.95. The lowest BCUT2D eigenvalue weighted by Crippen LogP contribution is -2.29. The van der Waals surface area contributed by atoms with Gasteiger partial charge in [-0.05, 0) is 17.5 Å². The number of amides is 1. The zero-order chi connectivity index (χ0) is 20.3. The highest BCUT2D eigenvalue weighted by atomic mass is 19.4. The monoisotopic (exact) mass is 391 g/mol. The first kappa shape index (κ1) is 19.3. The molecule has 2 aromatic heterocycles. The molecule has 7 nitrogen and oxygen atoms in total. The van der Waals surface area contributed by atoms with E-state index in [1.165, 1.54) is 0 Å². The number of halogens is 3. The fourth-order valence-electron chi connectivity index (χ4n) is 2.66. The van der Waals surface area contributed by atoms with E-state index in [1.807, 2.05) is 42.4 Å². The Kier molecular flexibility index (Phi) is 5.30. The third kappa shape index (κ3) is 4.11. The molecule has 0 aliphatic carbocycles. The van der Waals surface area contributed by atoms with Crippen molar-refractivity contribution in [2.24, 2.45) is 0 Å². The van der Waals surface area contributed by atoms with Crippen LogP contribution in [0.5, 0.6) is 0 Å². The third-order valence-electron chi connectivity index (χ3n) is 4.10. The molecule has 0 fully saturated rings. The number of nitrogens with zero attached hydrogens (tertiary/aromatic N) is 3. The maximum atomic E-state index is 13.6. The first-order valence-electron chi connectivity index (χ1n) is 8.32. The molecule has 0 aliphatic heterocycles. The van der Waals surface area contributed by atoms with Gasteiger partial charge in [0.15, 0.2) is 11.5 Å². The van der Waals surface area contributed by atoms with E-state index < -0.39 is 28.9 Å². The molecule has 0 spiro atoms. The average molecular weight is 391 g/mol. The lowest BCUT2D eigenvalue weighted by Gasteiger charge is -2.14. The lowest BCUT2D eigenvalue weighted by molar-refractivity contribution is -0.143. The van der Waals surface area contributed by atoms with E-state index in [-0.39, 0.29) is 18.3 Å². The molecule has 0 radical (unpaired) electrons. The van der Waals surface area contributed by atoms with Gasteiger partial charge < -0.3 is 5.32 Å². The molecular formula is C18H16F3N5O2. The number of aromatic nitrogens is 4. The van der Waals surface area contributed by atoms with Crippen molar-refractivity contribution >= 4 is 5.91 Å². The summed E-state index contributed by atoms with van der Waals surface area (Å²) in [4.78, 5) is 23.5. The summed E-state index contributed by atoms with van der Waals surface area (Å²) in [5.41, 5.74) is -1.51. The van der Waals surface area contributed by atoms with E-state index in [1.54, 1.807) is 0 Å². The van der Waals surface area contributed by atoms with Gasteiger partial charge in [0.25, 0.3) is 11.5 Å². The topological polar surface area (TPSA) is 92.7 Å². The van der Waals surface area contributed by atoms with Crippen LogP contribution in [-0.2, 0) is 6.18 Å². The molecule has 3 rings (SSSR count). The predicted molar refractivity (Wildman–Crippen MR) is 94.2 cm³/mol. The highest BCUT2D eigenvalue weighted by Crippen LogP contribution is 2.33. The van der Waals surface area contributed by atoms with Crippen molar-refractivity contribution in [2.45, 2.75) is 19.0 Å². The predicted octanol–water partition coefficient (Wildman–Crippen LogP) is 2.51. The van der Waals surface area contributed by atoms with Gasteiger partial charge in [-0.25, -0.2) is 9.78 Å². The van der Waals surface area contributed by atoms with Gasteiger partial charge in [0.05, 0.1) is 11.8 Å². The van der Waals surface area contributed by atoms with Crippen LogP contribution in [-0.4, -0.2) is 32.4 Å². The molecule has 1 aromatic carbocycles. The van der Waals surface area contributed by atoms with Gasteiger partial charge in [-0.2, -0.15) is 23.4 Å². The van der Waals surface area contributed by atoms with Crippen molar-refractivity contribution in [3.63, 3.8) is 0 Å². The van der Waals surface area contributed by atoms with Gasteiger partial charge >= 0.3 is 6.18 Å². The van der Waals surface area contributed by atoms with Crippen LogP contribution < -0.4 is 10.9 Å². The number of aromatic amines is 1. The van der Waals surface area contributed by atoms with Crippen LogP contribution in [0.2, 0.25) is 0 Å². The Morgan fingerprint density at radius 2 is 1.93 bits per heavy atom. The first-order chi connectivity index (χ1) is 13.3. The Balaban J connectivity index is 1.86. The van der Waals surface area contributed by atoms with Crippen LogP contribution in [0.1, 0.15) is 34.5 Å². The molecule has 10 heteroatoms. The number of hydrogen-bond acceptors (Lipinski definition) is 4. The summed E-state index contributed by atoms with van der Waals surface area (Å²) < 4.78 is 41.2. The number of carbonyl (C=O) groups excluding carboxylic acids is 1. The van der Waals surface area contributed by atoms with Crippen LogP contribution in [0.3, 0.4) is 0 Å². The van der Waals surface area contributed by atoms with E-state index in [9.17, 15) is 22.8 Å². The fourth-order valence-corrected chi connectivity index (χ4v) is 2.66. The van der Waals surface area contributed by atoms with Crippen LogP contribution in [0.4, 0.5) is 13.2 Å². The Bertz CT molecular complexity index is 1010. The molecule has 0 unspecified atom stereocenters. The minimum atomic E-state index is -4.86. The second-order valence-electron chi connectivity index (χ2n) is 6.12. The van der Waals surface area contributed by atoms with Crippen LogP contribution in [0, 0.1) is 0 Å². The largest absolute Gasteiger partial charge is 0.434 e. The SMILES string of the molecule is C[C@@H](CNC(=O)c1cnn(-c2ccc(=O)[nH]n2)c1C(F)(F)F)c1ccccc1. The van der Waals surface area contributed by atoms with E-state index in [4.69, 9.17) is 0 Å². The molecule has 146 valence electrons. The summed E-state index contributed by atoms with van der Waals surface area (Å²) in [5, 5.41) is 11.7. The molecule has 3 aromatic rings. The van der Waals surface area contributed by atoms with Crippen molar-refractivity contribution in [3.05, 3.63) is 75.8 Å². The average Bonchev–Trinajstić information content (AvgIpc) is 3.13. The molecule has 28 heavy (non-hydrogen) atoms. The van der Waals surface area contributed by atoms with Gasteiger partial charge in [0, 0.05) is 12.6 Å². The summed E-state index contributed by atoms with van der Waals surface area (Å²) >= 11 is 0. The smallest absolute Gasteiger partial charge is 0.351 e. The summed E-state index contributed by atoms with van der Waals surface area (Å²) in [5.74, 6) is -1.25. The van der Waals surface area contributed by atoms with Crippen molar-refractivity contribution in [3.8, 4) is 5.82 Å². The van der Waals surface area contributed by atoms with Gasteiger partial charge in [-0.3, -0.25) is 9.59 Å². The minimum Gasteiger partial charge on any atom is -0.351 e. The fraction of sp³-hybridized carbons (Fsp3) is 0.222. The summed E-state index contributed by atoms with van der Waals surface area (Å²) in [7, 11) is 0. The number of nitrogens with one attached hydrogen (secondary N) is 2. The molecule has 0 bridgehead atoms. The number of hydrogen-bond donors (Lipinski definition) is 2. The summed E-state index contributed by atoms with van der Waals surface area (Å²) in [6.45, 7) is 2.01. The number of rotatable bonds is 5. The van der Waals surface area contributed by atoms with Crippen LogP contribution in [0.25, 0.3) is 5.82 Å². The van der Waals surface area contributed by atoms with Crippen molar-refractivity contribution in [1.82, 2.24) is 25.3 Å². The zero-order valence-corrected chi connectivity index (χ0v) is 14.7. The van der Waals surface area contributed by atoms with E-state index in [2.05, 4.69) is 15.5 Å². The van der Waals surface area contributed by atoms with Crippen LogP contribution in [0.15, 0.2) is 53.5 Å². The molecule has 0 saturated carbocycles. The molecule has 0 aliphatic rings. The molecule has 0 saturated heterocycles. The Morgan fingerprint density at radius 1 is 1.21 bits per heavy atom. The standard InChI is InChI=1S/C18H16F3N5O2/c1-11(12-5-3-2-4-6-12)9-22-17(28)13-10-23-26(16(13)18(19,20)21)14-7-8-15(27)25-24-14/h2-8,10-11H,9H2,1H3,(H,22,28)(H,25,27)/t11-/m0/s1. The van der Waals surface area contributed by atoms with E-state index in [0.717, 1.165) is 23.9 Å². The Labute approximate surface area is 157 Å². The van der Waals surface area contributed by atoms with E-state index >= 15 is 0 Å². The second kappa shape index (κ2) is 7.67. The van der Waals surface area contributed by atoms with Crippen molar-refractivity contribution in [1.29, 1.82) is 0 Å². The number of benzene rings is 1. The normalized spacial score (nSPS) is 12.6. The number of alkyl halides is 3. The number of carbonyl (C=O) groups is 1. The second-order valence-corrected chi connectivity index (χ2v) is 6.12. The van der Waals surface area contributed by atoms with Gasteiger partial charge in [-0.1, -0.05) is 37.3 Å². The quantitative estimate of drug-likeness (QED) is 0.699. The Morgan fingerprint density at radius 3 is 2.54 bits per heavy atom. The van der Waals surface area contributed by atoms with Crippen molar-refractivity contribution in [2.75, 3.05) is 6.54 Å². The van der Waals surface area contributed by atoms with Crippen molar-refractivity contribution < 1.29 is 18.0 Å². The maximum absolute atomic E-state index is 13.6. The first-order valence-corrected chi connectivity index (χ1v) is 8.32. The number of H-pyrrole nitrogens is 1. The minimum absolute atomic E-state index is 0.0876. The highest BCUT2D eigenvalue weighted by Gasteiger charge is 2.41. The molecule has 1 amide bonds. The van der Waals surface area contributed by atoms with Gasteiger partial charge in [0.1, 0.15) is 0 Å². The maximum Gasteiger partial charge on any atom is 0.434 e. The summed E-state index contributed by atoms with van der Waals surface area (Å²) in [6.07, 6.45) is -4.02. The lowest BCUT2D eigenvalue weighted by atomic mass is 10.0. The molecule has 1 atom stereocenters. The van der Waals surface area contributed by atoms with Gasteiger partial charge in [0.2, 0.25) is 0 Å². The third-order valence-corrected chi connectivity index (χ3v) is 4.10. The van der Waals surface area contributed by atoms with Gasteiger partial charge in [-0.15, -0.1) is 0 Å². The Hall–Kier alpha value is -3.43. The summed E-state index contributed by atoms with van der Waals surface area (Å²) in [6, 6.07) is 11.4. The van der Waals surface area contributed by atoms with Crippen LogP contribution >= 0.6 is 0 Å². The van der Waals surface area contributed by atoms with E-state index in [0.29, 0.717) is 4.68 Å². The molecular weight excluding hydrogens is 375 g/mol. The zero-order valence-electron chi connectivity index (χ0n) is 14.7. The molecule has 2 heterocycles.